The molecule has 8 nitrogen and oxygen atoms in total. The third-order valence-electron chi connectivity index (χ3n) is 7.23. The van der Waals surface area contributed by atoms with E-state index >= 15 is 0 Å². The van der Waals surface area contributed by atoms with Crippen molar-refractivity contribution in [3.05, 3.63) is 34.2 Å². The topological polar surface area (TPSA) is 91.2 Å². The molecule has 1 aliphatic rings. The summed E-state index contributed by atoms with van der Waals surface area (Å²) in [6, 6.07) is 0. The largest absolute Gasteiger partial charge is 0.350 e. The number of likely N-dealkylation sites (tertiary alicyclic amines) is 1. The van der Waals surface area contributed by atoms with Gasteiger partial charge in [-0.25, -0.2) is 14.5 Å². The van der Waals surface area contributed by atoms with Crippen LogP contribution in [0.5, 0.6) is 0 Å². The number of aromatic nitrogens is 5. The molecule has 0 aromatic carbocycles. The van der Waals surface area contributed by atoms with Gasteiger partial charge in [-0.05, 0) is 76.2 Å². The van der Waals surface area contributed by atoms with Gasteiger partial charge in [-0.2, -0.15) is 5.10 Å². The number of thiazole rings is 1. The summed E-state index contributed by atoms with van der Waals surface area (Å²) in [5.41, 5.74) is 7.33. The van der Waals surface area contributed by atoms with Crippen molar-refractivity contribution < 1.29 is 4.79 Å². The fourth-order valence-corrected chi connectivity index (χ4v) is 5.93. The Balaban J connectivity index is 1.39. The quantitative estimate of drug-likeness (QED) is 0.424. The lowest BCUT2D eigenvalue weighted by Crippen LogP contribution is -2.32. The molecular formula is C25H33N7OS. The van der Waals surface area contributed by atoms with Crippen molar-refractivity contribution in [3.8, 4) is 11.3 Å². The van der Waals surface area contributed by atoms with E-state index in [9.17, 15) is 4.79 Å². The third kappa shape index (κ3) is 4.11. The molecule has 0 spiro atoms. The van der Waals surface area contributed by atoms with Crippen molar-refractivity contribution in [2.75, 3.05) is 26.7 Å². The lowest BCUT2D eigenvalue weighted by Gasteiger charge is -2.28. The molecule has 4 aromatic heterocycles. The molecule has 0 bridgehead atoms. The van der Waals surface area contributed by atoms with Gasteiger partial charge in [0.15, 0.2) is 10.7 Å². The number of amides is 1. The zero-order chi connectivity index (χ0) is 24.0. The van der Waals surface area contributed by atoms with E-state index in [2.05, 4.69) is 60.0 Å². The number of piperidine rings is 1. The van der Waals surface area contributed by atoms with Crippen molar-refractivity contribution in [1.29, 1.82) is 0 Å². The standard InChI is InChI=1S/C25H33N7OS/c1-14(2)19-20(18-12-32-22(27-13-28-32)16(4)15(18)3)29-24-21(19)30-25(34-24)23(33)26-9-6-17-7-10-31(5)11-8-17/h12-14,17,29H,6-11H2,1-5H3,(H,26,33). The highest BCUT2D eigenvalue weighted by Crippen LogP contribution is 2.39. The number of carbonyl (C=O) groups excluding carboxylic acids is 1. The molecule has 180 valence electrons. The average molecular weight is 480 g/mol. The van der Waals surface area contributed by atoms with Gasteiger partial charge in [-0.15, -0.1) is 0 Å². The number of hydrogen-bond donors (Lipinski definition) is 2. The Hall–Kier alpha value is -2.78. The van der Waals surface area contributed by atoms with Crippen LogP contribution in [0.15, 0.2) is 12.5 Å². The highest BCUT2D eigenvalue weighted by molar-refractivity contribution is 7.20. The van der Waals surface area contributed by atoms with E-state index in [4.69, 9.17) is 4.98 Å². The zero-order valence-electron chi connectivity index (χ0n) is 20.6. The van der Waals surface area contributed by atoms with Gasteiger partial charge in [-0.3, -0.25) is 4.79 Å². The molecule has 0 unspecified atom stereocenters. The second-order valence-electron chi connectivity index (χ2n) is 9.88. The summed E-state index contributed by atoms with van der Waals surface area (Å²) in [7, 11) is 2.17. The molecule has 1 saturated heterocycles. The van der Waals surface area contributed by atoms with Crippen molar-refractivity contribution in [2.24, 2.45) is 5.92 Å². The lowest BCUT2D eigenvalue weighted by atomic mass is 9.94. The number of nitrogens with one attached hydrogen (secondary N) is 2. The van der Waals surface area contributed by atoms with Crippen molar-refractivity contribution in [2.45, 2.75) is 52.9 Å². The molecule has 5 heterocycles. The minimum absolute atomic E-state index is 0.0742. The predicted molar refractivity (Wildman–Crippen MR) is 137 cm³/mol. The number of hydrogen-bond acceptors (Lipinski definition) is 6. The predicted octanol–water partition coefficient (Wildman–Crippen LogP) is 4.54. The SMILES string of the molecule is Cc1c(-c2[nH]c3sc(C(=O)NCCC4CCN(C)CC4)nc3c2C(C)C)cn2ncnc2c1C. The van der Waals surface area contributed by atoms with Crippen LogP contribution in [0, 0.1) is 19.8 Å². The highest BCUT2D eigenvalue weighted by Gasteiger charge is 2.24. The molecule has 2 N–H and O–H groups in total. The minimum atomic E-state index is -0.0742. The molecule has 0 saturated carbocycles. The fraction of sp³-hybridized carbons (Fsp3) is 0.520. The first-order valence-corrected chi connectivity index (χ1v) is 12.9. The van der Waals surface area contributed by atoms with Crippen LogP contribution in [0.3, 0.4) is 0 Å². The van der Waals surface area contributed by atoms with E-state index in [0.717, 1.165) is 57.9 Å². The van der Waals surface area contributed by atoms with E-state index in [0.29, 0.717) is 17.5 Å². The normalized spacial score (nSPS) is 15.7. The van der Waals surface area contributed by atoms with Crippen LogP contribution in [-0.2, 0) is 0 Å². The Labute approximate surface area is 203 Å². The molecule has 0 radical (unpaired) electrons. The van der Waals surface area contributed by atoms with Gasteiger partial charge in [0.25, 0.3) is 5.91 Å². The molecule has 34 heavy (non-hydrogen) atoms. The maximum absolute atomic E-state index is 12.9. The van der Waals surface area contributed by atoms with Gasteiger partial charge in [0.05, 0.1) is 5.69 Å². The molecular weight excluding hydrogens is 446 g/mol. The summed E-state index contributed by atoms with van der Waals surface area (Å²) in [5.74, 6) is 0.874. The smallest absolute Gasteiger partial charge is 0.280 e. The van der Waals surface area contributed by atoms with E-state index in [-0.39, 0.29) is 11.8 Å². The average Bonchev–Trinajstić information content (AvgIpc) is 3.51. The molecule has 0 atom stereocenters. The summed E-state index contributed by atoms with van der Waals surface area (Å²) in [6.45, 7) is 11.5. The number of aryl methyl sites for hydroxylation is 1. The number of nitrogens with zero attached hydrogens (tertiary/aromatic N) is 5. The fourth-order valence-electron chi connectivity index (χ4n) is 5.03. The molecule has 9 heteroatoms. The van der Waals surface area contributed by atoms with E-state index < -0.39 is 0 Å². The molecule has 1 aliphatic heterocycles. The summed E-state index contributed by atoms with van der Waals surface area (Å²) in [5, 5.41) is 7.98. The van der Waals surface area contributed by atoms with Gasteiger partial charge in [0, 0.05) is 23.9 Å². The summed E-state index contributed by atoms with van der Waals surface area (Å²) in [6.07, 6.45) is 7.08. The Morgan fingerprint density at radius 2 is 2.03 bits per heavy atom. The number of rotatable bonds is 6. The van der Waals surface area contributed by atoms with E-state index in [1.54, 1.807) is 6.33 Å². The monoisotopic (exact) mass is 479 g/mol. The van der Waals surface area contributed by atoms with Gasteiger partial charge in [0.1, 0.15) is 16.7 Å². The first-order valence-electron chi connectivity index (χ1n) is 12.1. The van der Waals surface area contributed by atoms with Crippen LogP contribution in [-0.4, -0.2) is 62.1 Å². The number of carbonyl (C=O) groups is 1. The number of H-pyrrole nitrogens is 1. The van der Waals surface area contributed by atoms with Gasteiger partial charge in [-0.1, -0.05) is 25.2 Å². The maximum Gasteiger partial charge on any atom is 0.280 e. The van der Waals surface area contributed by atoms with Crippen LogP contribution in [0.25, 0.3) is 27.3 Å². The Morgan fingerprint density at radius 3 is 2.76 bits per heavy atom. The third-order valence-corrected chi connectivity index (χ3v) is 8.20. The minimum Gasteiger partial charge on any atom is -0.350 e. The lowest BCUT2D eigenvalue weighted by molar-refractivity contribution is 0.0948. The molecule has 0 aliphatic carbocycles. The van der Waals surface area contributed by atoms with Gasteiger partial charge in [0.2, 0.25) is 0 Å². The first-order chi connectivity index (χ1) is 16.3. The van der Waals surface area contributed by atoms with Crippen LogP contribution in [0.4, 0.5) is 0 Å². The van der Waals surface area contributed by atoms with Gasteiger partial charge < -0.3 is 15.2 Å². The second-order valence-corrected chi connectivity index (χ2v) is 10.9. The molecule has 1 amide bonds. The van der Waals surface area contributed by atoms with Crippen molar-refractivity contribution >= 4 is 33.2 Å². The van der Waals surface area contributed by atoms with Gasteiger partial charge >= 0.3 is 0 Å². The molecule has 1 fully saturated rings. The van der Waals surface area contributed by atoms with Crippen LogP contribution < -0.4 is 5.32 Å². The van der Waals surface area contributed by atoms with Crippen molar-refractivity contribution in [3.63, 3.8) is 0 Å². The zero-order valence-corrected chi connectivity index (χ0v) is 21.4. The Bertz CT molecular complexity index is 1340. The summed E-state index contributed by atoms with van der Waals surface area (Å²) >= 11 is 1.43. The second kappa shape index (κ2) is 9.11. The number of aromatic amines is 1. The van der Waals surface area contributed by atoms with E-state index in [1.165, 1.54) is 29.7 Å². The van der Waals surface area contributed by atoms with Crippen LogP contribution in [0.2, 0.25) is 0 Å². The van der Waals surface area contributed by atoms with Crippen LogP contribution in [0.1, 0.15) is 65.5 Å². The van der Waals surface area contributed by atoms with Crippen LogP contribution >= 0.6 is 11.3 Å². The first kappa shape index (κ1) is 23.0. The maximum atomic E-state index is 12.9. The number of pyridine rings is 1. The molecule has 5 rings (SSSR count). The molecule has 4 aromatic rings. The number of fused-ring (bicyclic) bond motifs is 2. The van der Waals surface area contributed by atoms with E-state index in [1.807, 2.05) is 10.7 Å². The highest BCUT2D eigenvalue weighted by atomic mass is 32.1. The summed E-state index contributed by atoms with van der Waals surface area (Å²) in [4.78, 5) is 28.9. The Morgan fingerprint density at radius 1 is 1.26 bits per heavy atom. The van der Waals surface area contributed by atoms with Crippen molar-refractivity contribution in [1.82, 2.24) is 34.8 Å². The summed E-state index contributed by atoms with van der Waals surface area (Å²) < 4.78 is 1.83. The Kier molecular flexibility index (Phi) is 6.16.